The second kappa shape index (κ2) is 10.00. The number of phosphoric acid groups is 1. The van der Waals surface area contributed by atoms with E-state index in [9.17, 15) is 0 Å². The maximum Gasteiger partial charge on any atom is 0.466 e. The van der Waals surface area contributed by atoms with Crippen molar-refractivity contribution in [2.45, 2.75) is 0 Å². The first-order valence-corrected chi connectivity index (χ1v) is 6.88. The highest BCUT2D eigenvalue weighted by atomic mass is 31.2. The molecule has 0 amide bonds. The SMILES string of the molecule is C=CC[N+](CC=C)(CC=C)CC=C.O=P(O)(O)O. The van der Waals surface area contributed by atoms with Crippen molar-refractivity contribution in [3.63, 3.8) is 0 Å². The standard InChI is InChI=1S/C12H20N.H3O4P/c1-5-9-13(10-6-2,11-7-3)12-8-4;1-5(2,3)4/h5-8H,1-4,9-12H2;(H3,1,2,3,4)/q+1;. The van der Waals surface area contributed by atoms with Crippen LogP contribution >= 0.6 is 7.82 Å². The van der Waals surface area contributed by atoms with Gasteiger partial charge in [0.25, 0.3) is 0 Å². The van der Waals surface area contributed by atoms with Crippen molar-refractivity contribution in [1.29, 1.82) is 0 Å². The van der Waals surface area contributed by atoms with Crippen molar-refractivity contribution in [1.82, 2.24) is 0 Å². The van der Waals surface area contributed by atoms with Crippen LogP contribution in [-0.4, -0.2) is 45.3 Å². The summed E-state index contributed by atoms with van der Waals surface area (Å²) >= 11 is 0. The molecule has 0 radical (unpaired) electrons. The first-order valence-electron chi connectivity index (χ1n) is 5.31. The molecular formula is C12H23NO4P+. The van der Waals surface area contributed by atoms with Gasteiger partial charge in [0.1, 0.15) is 0 Å². The zero-order chi connectivity index (χ0) is 14.7. The Kier molecular flexibility index (Phi) is 10.8. The fourth-order valence-electron chi connectivity index (χ4n) is 1.54. The summed E-state index contributed by atoms with van der Waals surface area (Å²) in [5, 5.41) is 0. The number of nitrogens with zero attached hydrogens (tertiary/aromatic N) is 1. The van der Waals surface area contributed by atoms with Gasteiger partial charge in [-0.15, -0.1) is 0 Å². The lowest BCUT2D eigenvalue weighted by molar-refractivity contribution is -0.906. The molecule has 5 nitrogen and oxygen atoms in total. The third-order valence-electron chi connectivity index (χ3n) is 2.07. The van der Waals surface area contributed by atoms with Crippen molar-refractivity contribution in [3.8, 4) is 0 Å². The van der Waals surface area contributed by atoms with Crippen molar-refractivity contribution in [2.75, 3.05) is 26.2 Å². The van der Waals surface area contributed by atoms with Gasteiger partial charge in [0.05, 0.1) is 26.2 Å². The van der Waals surface area contributed by atoms with Gasteiger partial charge in [-0.3, -0.25) is 0 Å². The molecule has 0 fully saturated rings. The smallest absolute Gasteiger partial charge is 0.311 e. The molecule has 6 heteroatoms. The third-order valence-corrected chi connectivity index (χ3v) is 2.07. The Morgan fingerprint density at radius 2 is 0.944 bits per heavy atom. The van der Waals surface area contributed by atoms with E-state index in [2.05, 4.69) is 26.3 Å². The molecule has 0 heterocycles. The van der Waals surface area contributed by atoms with E-state index in [-0.39, 0.29) is 0 Å². The molecule has 0 saturated carbocycles. The number of hydrogen-bond acceptors (Lipinski definition) is 1. The monoisotopic (exact) mass is 276 g/mol. The molecule has 0 aromatic carbocycles. The van der Waals surface area contributed by atoms with Crippen LogP contribution in [0.3, 0.4) is 0 Å². The van der Waals surface area contributed by atoms with E-state index in [4.69, 9.17) is 19.2 Å². The summed E-state index contributed by atoms with van der Waals surface area (Å²) in [6, 6.07) is 0. The van der Waals surface area contributed by atoms with Crippen LogP contribution in [0.25, 0.3) is 0 Å². The highest BCUT2D eigenvalue weighted by molar-refractivity contribution is 7.45. The molecule has 0 aliphatic rings. The molecule has 0 rings (SSSR count). The average Bonchev–Trinajstić information content (AvgIpc) is 2.16. The van der Waals surface area contributed by atoms with Gasteiger partial charge >= 0.3 is 7.82 Å². The van der Waals surface area contributed by atoms with Crippen LogP contribution in [-0.2, 0) is 4.57 Å². The topological polar surface area (TPSA) is 77.8 Å². The lowest BCUT2D eigenvalue weighted by Gasteiger charge is -2.35. The number of hydrogen-bond donors (Lipinski definition) is 3. The van der Waals surface area contributed by atoms with Crippen molar-refractivity contribution in [3.05, 3.63) is 50.6 Å². The minimum atomic E-state index is -4.64. The molecule has 3 N–H and O–H groups in total. The van der Waals surface area contributed by atoms with E-state index in [0.717, 1.165) is 30.7 Å². The van der Waals surface area contributed by atoms with Crippen LogP contribution in [0.2, 0.25) is 0 Å². The fraction of sp³-hybridized carbons (Fsp3) is 0.333. The number of quaternary nitrogens is 1. The average molecular weight is 276 g/mol. The first-order chi connectivity index (χ1) is 8.24. The quantitative estimate of drug-likeness (QED) is 0.357. The Morgan fingerprint density at radius 3 is 1.06 bits per heavy atom. The summed E-state index contributed by atoms with van der Waals surface area (Å²) in [5.41, 5.74) is 0. The van der Waals surface area contributed by atoms with Crippen LogP contribution in [0, 0.1) is 0 Å². The third kappa shape index (κ3) is 13.1. The predicted molar refractivity (Wildman–Crippen MR) is 74.8 cm³/mol. The molecule has 0 aliphatic carbocycles. The van der Waals surface area contributed by atoms with E-state index in [1.54, 1.807) is 0 Å². The van der Waals surface area contributed by atoms with Gasteiger partial charge in [-0.25, -0.2) is 4.57 Å². The fourth-order valence-corrected chi connectivity index (χ4v) is 1.54. The molecule has 0 aromatic heterocycles. The second-order valence-electron chi connectivity index (χ2n) is 3.74. The Labute approximate surface area is 109 Å². The molecule has 0 saturated heterocycles. The highest BCUT2D eigenvalue weighted by Gasteiger charge is 2.20. The van der Waals surface area contributed by atoms with Crippen LogP contribution in [0.5, 0.6) is 0 Å². The molecule has 104 valence electrons. The Morgan fingerprint density at radius 1 is 0.778 bits per heavy atom. The molecule has 0 aromatic rings. The summed E-state index contributed by atoms with van der Waals surface area (Å²) in [5.74, 6) is 0. The van der Waals surface area contributed by atoms with Gasteiger partial charge in [0.15, 0.2) is 0 Å². The second-order valence-corrected chi connectivity index (χ2v) is 4.77. The summed E-state index contributed by atoms with van der Waals surface area (Å²) in [6.45, 7) is 18.8. The number of rotatable bonds is 8. The van der Waals surface area contributed by atoms with Gasteiger partial charge in [-0.05, 0) is 24.3 Å². The molecule has 18 heavy (non-hydrogen) atoms. The normalized spacial score (nSPS) is 10.8. The Hall–Kier alpha value is -0.970. The summed E-state index contributed by atoms with van der Waals surface area (Å²) in [6.07, 6.45) is 7.76. The maximum absolute atomic E-state index is 8.88. The van der Waals surface area contributed by atoms with E-state index >= 15 is 0 Å². The zero-order valence-electron chi connectivity index (χ0n) is 10.6. The molecule has 0 spiro atoms. The molecule has 0 atom stereocenters. The van der Waals surface area contributed by atoms with Crippen molar-refractivity contribution < 1.29 is 23.7 Å². The van der Waals surface area contributed by atoms with E-state index in [0.29, 0.717) is 0 Å². The first kappa shape index (κ1) is 19.4. The molecule has 0 unspecified atom stereocenters. The van der Waals surface area contributed by atoms with E-state index in [1.807, 2.05) is 24.3 Å². The summed E-state index contributed by atoms with van der Waals surface area (Å²) < 4.78 is 9.78. The van der Waals surface area contributed by atoms with Crippen LogP contribution in [0.4, 0.5) is 0 Å². The lowest BCUT2D eigenvalue weighted by atomic mass is 10.3. The predicted octanol–water partition coefficient (Wildman–Crippen LogP) is 1.62. The molecule has 0 aliphatic heterocycles. The maximum atomic E-state index is 8.88. The highest BCUT2D eigenvalue weighted by Crippen LogP contribution is 2.25. The van der Waals surface area contributed by atoms with Gasteiger partial charge in [0.2, 0.25) is 0 Å². The zero-order valence-corrected chi connectivity index (χ0v) is 11.5. The van der Waals surface area contributed by atoms with Crippen LogP contribution in [0.15, 0.2) is 50.6 Å². The molecular weight excluding hydrogens is 253 g/mol. The van der Waals surface area contributed by atoms with Crippen LogP contribution in [0.1, 0.15) is 0 Å². The molecule has 0 bridgehead atoms. The Balaban J connectivity index is 0. The lowest BCUT2D eigenvalue weighted by Crippen LogP contribution is -2.48. The van der Waals surface area contributed by atoms with Gasteiger partial charge in [-0.2, -0.15) is 0 Å². The summed E-state index contributed by atoms with van der Waals surface area (Å²) in [7, 11) is -4.64. The van der Waals surface area contributed by atoms with Crippen molar-refractivity contribution in [2.24, 2.45) is 0 Å². The Bertz CT molecular complexity index is 268. The summed E-state index contributed by atoms with van der Waals surface area (Å²) in [4.78, 5) is 21.6. The minimum absolute atomic E-state index is 0.903. The van der Waals surface area contributed by atoms with Crippen LogP contribution < -0.4 is 0 Å². The minimum Gasteiger partial charge on any atom is -0.311 e. The largest absolute Gasteiger partial charge is 0.466 e. The van der Waals surface area contributed by atoms with Gasteiger partial charge in [-0.1, -0.05) is 26.3 Å². The van der Waals surface area contributed by atoms with Gasteiger partial charge < -0.3 is 19.2 Å². The van der Waals surface area contributed by atoms with E-state index < -0.39 is 7.82 Å². The van der Waals surface area contributed by atoms with Gasteiger partial charge in [0, 0.05) is 0 Å². The van der Waals surface area contributed by atoms with E-state index in [1.165, 1.54) is 0 Å². The van der Waals surface area contributed by atoms with Crippen molar-refractivity contribution >= 4 is 7.82 Å².